The lowest BCUT2D eigenvalue weighted by atomic mass is 10.0. The lowest BCUT2D eigenvalue weighted by molar-refractivity contribution is 0.0600. The second-order valence-electron chi connectivity index (χ2n) is 5.48. The van der Waals surface area contributed by atoms with Crippen LogP contribution in [0.25, 0.3) is 10.8 Å². The third-order valence-electron chi connectivity index (χ3n) is 3.63. The molecule has 3 rings (SSSR count). The van der Waals surface area contributed by atoms with Crippen LogP contribution in [0.4, 0.5) is 5.69 Å². The van der Waals surface area contributed by atoms with E-state index in [2.05, 4.69) is 15.3 Å². The van der Waals surface area contributed by atoms with E-state index in [-0.39, 0.29) is 11.4 Å². The summed E-state index contributed by atoms with van der Waals surface area (Å²) in [5.41, 5.74) is 1.24. The molecule has 1 N–H and O–H groups in total. The molecule has 0 saturated carbocycles. The first-order valence-electron chi connectivity index (χ1n) is 7.51. The number of ether oxygens (including phenoxy) is 1. The molecule has 3 aromatic rings. The van der Waals surface area contributed by atoms with E-state index in [0.717, 1.165) is 0 Å². The predicted octanol–water partition coefficient (Wildman–Crippen LogP) is 4.28. The van der Waals surface area contributed by atoms with Crippen LogP contribution in [0.2, 0.25) is 10.0 Å². The average Bonchev–Trinajstić information content (AvgIpc) is 2.60. The highest BCUT2D eigenvalue weighted by molar-refractivity contribution is 6.40. The Balaban J connectivity index is 2.13. The second-order valence-corrected chi connectivity index (χ2v) is 6.32. The van der Waals surface area contributed by atoms with Crippen LogP contribution in [0, 0.1) is 6.92 Å². The summed E-state index contributed by atoms with van der Waals surface area (Å²) in [5.74, 6) is -1.07. The number of amides is 1. The van der Waals surface area contributed by atoms with Crippen LogP contribution in [0.3, 0.4) is 0 Å². The lowest BCUT2D eigenvalue weighted by Gasteiger charge is -2.12. The summed E-state index contributed by atoms with van der Waals surface area (Å²) in [4.78, 5) is 32.5. The third kappa shape index (κ3) is 3.61. The zero-order valence-electron chi connectivity index (χ0n) is 13.8. The van der Waals surface area contributed by atoms with Crippen LogP contribution in [0.15, 0.2) is 36.5 Å². The number of halogens is 2. The van der Waals surface area contributed by atoms with Gasteiger partial charge in [-0.1, -0.05) is 23.2 Å². The van der Waals surface area contributed by atoms with E-state index in [4.69, 9.17) is 27.9 Å². The van der Waals surface area contributed by atoms with Crippen LogP contribution >= 0.6 is 23.2 Å². The molecule has 6 nitrogen and oxygen atoms in total. The number of aryl methyl sites for hydroxylation is 1. The maximum Gasteiger partial charge on any atom is 0.337 e. The molecule has 1 amide bonds. The maximum absolute atomic E-state index is 12.5. The lowest BCUT2D eigenvalue weighted by Crippen LogP contribution is -2.16. The molecule has 0 fully saturated rings. The SMILES string of the molecule is COC(=O)c1cc(NC(=O)c2nccc(C)n2)c2c(Cl)cc(Cl)cc2c1. The number of aromatic nitrogens is 2. The quantitative estimate of drug-likeness (QED) is 0.675. The van der Waals surface area contributed by atoms with E-state index in [0.29, 0.717) is 32.2 Å². The van der Waals surface area contributed by atoms with Crippen molar-refractivity contribution in [3.05, 3.63) is 63.7 Å². The summed E-state index contributed by atoms with van der Waals surface area (Å²) in [7, 11) is 1.27. The Morgan fingerprint density at radius 1 is 1.15 bits per heavy atom. The molecule has 132 valence electrons. The van der Waals surface area contributed by atoms with E-state index in [9.17, 15) is 9.59 Å². The fourth-order valence-electron chi connectivity index (χ4n) is 2.50. The minimum absolute atomic E-state index is 0.00621. The molecule has 1 aromatic heterocycles. The smallest absolute Gasteiger partial charge is 0.337 e. The fraction of sp³-hybridized carbons (Fsp3) is 0.111. The molecule has 26 heavy (non-hydrogen) atoms. The molecular formula is C18H13Cl2N3O3. The number of esters is 1. The van der Waals surface area contributed by atoms with Gasteiger partial charge in [0.25, 0.3) is 5.91 Å². The first-order chi connectivity index (χ1) is 12.4. The zero-order valence-corrected chi connectivity index (χ0v) is 15.4. The third-order valence-corrected chi connectivity index (χ3v) is 4.15. The van der Waals surface area contributed by atoms with Gasteiger partial charge in [0.05, 0.1) is 23.4 Å². The van der Waals surface area contributed by atoms with E-state index >= 15 is 0 Å². The van der Waals surface area contributed by atoms with Crippen molar-refractivity contribution in [3.8, 4) is 0 Å². The molecule has 0 saturated heterocycles. The van der Waals surface area contributed by atoms with Crippen molar-refractivity contribution in [1.82, 2.24) is 9.97 Å². The molecular weight excluding hydrogens is 377 g/mol. The molecule has 0 spiro atoms. The highest BCUT2D eigenvalue weighted by Gasteiger charge is 2.17. The van der Waals surface area contributed by atoms with E-state index in [1.54, 1.807) is 31.2 Å². The van der Waals surface area contributed by atoms with Crippen molar-refractivity contribution in [3.63, 3.8) is 0 Å². The summed E-state index contributed by atoms with van der Waals surface area (Å²) in [6.45, 7) is 1.75. The number of nitrogens with one attached hydrogen (secondary N) is 1. The van der Waals surface area contributed by atoms with Gasteiger partial charge in [-0.05, 0) is 42.6 Å². The van der Waals surface area contributed by atoms with E-state index in [1.165, 1.54) is 19.4 Å². The predicted molar refractivity (Wildman–Crippen MR) is 100 cm³/mol. The van der Waals surface area contributed by atoms with Gasteiger partial charge in [-0.15, -0.1) is 0 Å². The number of methoxy groups -OCH3 is 1. The number of hydrogen-bond acceptors (Lipinski definition) is 5. The van der Waals surface area contributed by atoms with Gasteiger partial charge < -0.3 is 10.1 Å². The summed E-state index contributed by atoms with van der Waals surface area (Å²) in [5, 5.41) is 4.59. The standard InChI is InChI=1S/C18H13Cl2N3O3/c1-9-3-4-21-16(22-9)17(24)23-14-7-11(18(25)26-2)5-10-6-12(19)8-13(20)15(10)14/h3-8H,1-2H3,(H,23,24). The van der Waals surface area contributed by atoms with Gasteiger partial charge >= 0.3 is 5.97 Å². The normalized spacial score (nSPS) is 10.6. The first-order valence-corrected chi connectivity index (χ1v) is 8.26. The van der Waals surface area contributed by atoms with Crippen LogP contribution < -0.4 is 5.32 Å². The average molecular weight is 390 g/mol. The number of hydrogen-bond donors (Lipinski definition) is 1. The van der Waals surface area contributed by atoms with Crippen LogP contribution in [-0.2, 0) is 4.74 Å². The van der Waals surface area contributed by atoms with Crippen LogP contribution in [0.5, 0.6) is 0 Å². The van der Waals surface area contributed by atoms with Gasteiger partial charge in [0.15, 0.2) is 0 Å². The van der Waals surface area contributed by atoms with Gasteiger partial charge in [-0.3, -0.25) is 4.79 Å². The van der Waals surface area contributed by atoms with Crippen molar-refractivity contribution < 1.29 is 14.3 Å². The number of carbonyl (C=O) groups is 2. The molecule has 8 heteroatoms. The monoisotopic (exact) mass is 389 g/mol. The number of benzene rings is 2. The van der Waals surface area contributed by atoms with Crippen molar-refractivity contribution in [2.75, 3.05) is 12.4 Å². The molecule has 0 bridgehead atoms. The van der Waals surface area contributed by atoms with Gasteiger partial charge in [-0.25, -0.2) is 14.8 Å². The minimum Gasteiger partial charge on any atom is -0.465 e. The van der Waals surface area contributed by atoms with E-state index < -0.39 is 11.9 Å². The van der Waals surface area contributed by atoms with Gasteiger partial charge in [0, 0.05) is 22.3 Å². The van der Waals surface area contributed by atoms with Crippen molar-refractivity contribution >= 4 is 51.5 Å². The van der Waals surface area contributed by atoms with Crippen LogP contribution in [0.1, 0.15) is 26.7 Å². The van der Waals surface area contributed by atoms with Gasteiger partial charge in [0.2, 0.25) is 5.82 Å². The molecule has 1 heterocycles. The number of carbonyl (C=O) groups excluding carboxylic acids is 2. The summed E-state index contributed by atoms with van der Waals surface area (Å²) < 4.78 is 4.76. The van der Waals surface area contributed by atoms with Crippen molar-refractivity contribution in [1.29, 1.82) is 0 Å². The molecule has 0 aliphatic rings. The Labute approximate surface area is 159 Å². The van der Waals surface area contributed by atoms with Crippen molar-refractivity contribution in [2.45, 2.75) is 6.92 Å². The zero-order chi connectivity index (χ0) is 18.8. The molecule has 0 aliphatic carbocycles. The Hall–Kier alpha value is -2.70. The molecule has 0 aliphatic heterocycles. The fourth-order valence-corrected chi connectivity index (χ4v) is 3.11. The summed E-state index contributed by atoms with van der Waals surface area (Å²) in [6, 6.07) is 7.97. The van der Waals surface area contributed by atoms with E-state index in [1.807, 2.05) is 0 Å². The number of nitrogens with zero attached hydrogens (tertiary/aromatic N) is 2. The molecule has 2 aromatic carbocycles. The first kappa shape index (κ1) is 18.1. The highest BCUT2D eigenvalue weighted by atomic mass is 35.5. The second kappa shape index (κ2) is 7.27. The van der Waals surface area contributed by atoms with Gasteiger partial charge in [0.1, 0.15) is 0 Å². The Morgan fingerprint density at radius 2 is 1.92 bits per heavy atom. The number of rotatable bonds is 3. The largest absolute Gasteiger partial charge is 0.465 e. The number of anilines is 1. The van der Waals surface area contributed by atoms with Crippen LogP contribution in [-0.4, -0.2) is 29.0 Å². The molecule has 0 unspecified atom stereocenters. The Kier molecular flexibility index (Phi) is 5.06. The minimum atomic E-state index is -0.551. The summed E-state index contributed by atoms with van der Waals surface area (Å²) >= 11 is 12.4. The number of fused-ring (bicyclic) bond motifs is 1. The van der Waals surface area contributed by atoms with Crippen molar-refractivity contribution in [2.24, 2.45) is 0 Å². The molecule has 0 radical (unpaired) electrons. The Morgan fingerprint density at radius 3 is 2.62 bits per heavy atom. The highest BCUT2D eigenvalue weighted by Crippen LogP contribution is 2.35. The topological polar surface area (TPSA) is 81.2 Å². The maximum atomic E-state index is 12.5. The molecule has 0 atom stereocenters. The van der Waals surface area contributed by atoms with Gasteiger partial charge in [-0.2, -0.15) is 0 Å². The summed E-state index contributed by atoms with van der Waals surface area (Å²) in [6.07, 6.45) is 1.49. The Bertz CT molecular complexity index is 1040.